The molecule has 18 heavy (non-hydrogen) atoms. The molecule has 1 heterocycles. The molecule has 1 N–H and O–H groups in total. The monoisotopic (exact) mass is 263 g/mol. The van der Waals surface area contributed by atoms with Gasteiger partial charge >= 0.3 is 12.1 Å². The average Bonchev–Trinajstić information content (AvgIpc) is 2.24. The summed E-state index contributed by atoms with van der Waals surface area (Å²) in [5.41, 5.74) is 0.206. The molecule has 0 aliphatic carbocycles. The summed E-state index contributed by atoms with van der Waals surface area (Å²) in [4.78, 5) is 14.6. The molecule has 0 spiro atoms. The van der Waals surface area contributed by atoms with E-state index in [1.807, 2.05) is 0 Å². The molecule has 0 atom stereocenters. The quantitative estimate of drug-likeness (QED) is 0.830. The number of aromatic carboxylic acids is 1. The van der Waals surface area contributed by atoms with Gasteiger partial charge < -0.3 is 9.84 Å². The van der Waals surface area contributed by atoms with Gasteiger partial charge in [-0.1, -0.05) is 0 Å². The number of carboxylic acids is 1. The van der Waals surface area contributed by atoms with Gasteiger partial charge in [-0.25, -0.2) is 9.78 Å². The van der Waals surface area contributed by atoms with Crippen molar-refractivity contribution in [3.8, 4) is 5.75 Å². The number of ether oxygens (including phenoxy) is 1. The third kappa shape index (κ3) is 4.60. The van der Waals surface area contributed by atoms with Crippen LogP contribution in [0.4, 0.5) is 13.2 Å². The molecule has 7 heteroatoms. The summed E-state index contributed by atoms with van der Waals surface area (Å²) in [5, 5.41) is 8.85. The molecule has 0 aromatic carbocycles. The summed E-state index contributed by atoms with van der Waals surface area (Å²) in [5.74, 6) is -1.29. The Morgan fingerprint density at radius 1 is 1.44 bits per heavy atom. The number of nitrogens with zero attached hydrogens (tertiary/aromatic N) is 1. The van der Waals surface area contributed by atoms with Gasteiger partial charge in [-0.05, 0) is 25.5 Å². The van der Waals surface area contributed by atoms with Crippen LogP contribution in [0.25, 0.3) is 0 Å². The molecule has 0 saturated carbocycles. The zero-order valence-corrected chi connectivity index (χ0v) is 9.62. The fraction of sp³-hybridized carbons (Fsp3) is 0.455. The van der Waals surface area contributed by atoms with E-state index in [0.717, 1.165) is 0 Å². The molecule has 1 rings (SSSR count). The van der Waals surface area contributed by atoms with Gasteiger partial charge in [0.05, 0.1) is 6.61 Å². The van der Waals surface area contributed by atoms with Crippen molar-refractivity contribution in [2.24, 2.45) is 0 Å². The number of aryl methyl sites for hydroxylation is 1. The fourth-order valence-corrected chi connectivity index (χ4v) is 1.27. The third-order valence-corrected chi connectivity index (χ3v) is 2.06. The van der Waals surface area contributed by atoms with Crippen LogP contribution in [0, 0.1) is 6.92 Å². The smallest absolute Gasteiger partial charge is 0.389 e. The number of alkyl halides is 3. The molecule has 0 amide bonds. The molecule has 0 radical (unpaired) electrons. The summed E-state index contributed by atoms with van der Waals surface area (Å²) in [6.07, 6.45) is -5.42. The summed E-state index contributed by atoms with van der Waals surface area (Å²) in [7, 11) is 0. The second-order valence-electron chi connectivity index (χ2n) is 3.67. The van der Waals surface area contributed by atoms with Crippen molar-refractivity contribution in [3.05, 3.63) is 23.5 Å². The fourth-order valence-electron chi connectivity index (χ4n) is 1.27. The first-order valence-corrected chi connectivity index (χ1v) is 5.20. The molecule has 0 bridgehead atoms. The second-order valence-corrected chi connectivity index (χ2v) is 3.67. The van der Waals surface area contributed by atoms with E-state index in [2.05, 4.69) is 4.98 Å². The van der Waals surface area contributed by atoms with E-state index >= 15 is 0 Å². The van der Waals surface area contributed by atoms with E-state index in [1.165, 1.54) is 12.1 Å². The first-order chi connectivity index (χ1) is 8.29. The Labute approximate surface area is 101 Å². The standard InChI is InChI=1S/C11H12F3NO3/c1-7-3-4-8(9(15-7)10(16)17)18-6-2-5-11(12,13)14/h3-4H,2,5-6H2,1H3,(H,16,17). The van der Waals surface area contributed by atoms with Crippen LogP contribution in [-0.2, 0) is 0 Å². The number of halogens is 3. The van der Waals surface area contributed by atoms with Crippen LogP contribution in [0.3, 0.4) is 0 Å². The number of pyridine rings is 1. The molecule has 100 valence electrons. The maximum atomic E-state index is 11.9. The lowest BCUT2D eigenvalue weighted by Gasteiger charge is -2.10. The van der Waals surface area contributed by atoms with E-state index in [-0.39, 0.29) is 24.5 Å². The van der Waals surface area contributed by atoms with Crippen LogP contribution in [0.5, 0.6) is 5.75 Å². The van der Waals surface area contributed by atoms with Crippen molar-refractivity contribution in [1.29, 1.82) is 0 Å². The second kappa shape index (κ2) is 5.70. The number of hydrogen-bond acceptors (Lipinski definition) is 3. The SMILES string of the molecule is Cc1ccc(OCCCC(F)(F)F)c(C(=O)O)n1. The van der Waals surface area contributed by atoms with Gasteiger partial charge in [0.2, 0.25) is 0 Å². The molecule has 0 aliphatic heterocycles. The Morgan fingerprint density at radius 3 is 2.67 bits per heavy atom. The van der Waals surface area contributed by atoms with Gasteiger partial charge in [0.15, 0.2) is 11.4 Å². The van der Waals surface area contributed by atoms with Crippen molar-refractivity contribution in [2.45, 2.75) is 25.9 Å². The molecule has 0 saturated heterocycles. The highest BCUT2D eigenvalue weighted by Crippen LogP contribution is 2.22. The van der Waals surface area contributed by atoms with Gasteiger partial charge in [0, 0.05) is 12.1 Å². The summed E-state index contributed by atoms with van der Waals surface area (Å²) in [6.45, 7) is 1.41. The van der Waals surface area contributed by atoms with Crippen LogP contribution in [0.15, 0.2) is 12.1 Å². The Balaban J connectivity index is 2.59. The number of carbonyl (C=O) groups is 1. The summed E-state index contributed by atoms with van der Waals surface area (Å²) < 4.78 is 40.6. The molecule has 1 aromatic heterocycles. The van der Waals surface area contributed by atoms with Crippen LogP contribution >= 0.6 is 0 Å². The highest BCUT2D eigenvalue weighted by atomic mass is 19.4. The third-order valence-electron chi connectivity index (χ3n) is 2.06. The molecule has 1 aromatic rings. The Hall–Kier alpha value is -1.79. The van der Waals surface area contributed by atoms with Crippen LogP contribution < -0.4 is 4.74 Å². The molecule has 0 unspecified atom stereocenters. The normalized spacial score (nSPS) is 11.3. The van der Waals surface area contributed by atoms with Gasteiger partial charge in [-0.2, -0.15) is 13.2 Å². The van der Waals surface area contributed by atoms with Gasteiger partial charge in [0.25, 0.3) is 0 Å². The Kier molecular flexibility index (Phi) is 4.52. The molecular weight excluding hydrogens is 251 g/mol. The average molecular weight is 263 g/mol. The van der Waals surface area contributed by atoms with E-state index in [1.54, 1.807) is 6.92 Å². The van der Waals surface area contributed by atoms with Crippen molar-refractivity contribution >= 4 is 5.97 Å². The van der Waals surface area contributed by atoms with Gasteiger partial charge in [-0.3, -0.25) is 0 Å². The molecule has 0 fully saturated rings. The predicted octanol–water partition coefficient (Wildman–Crippen LogP) is 2.81. The van der Waals surface area contributed by atoms with Crippen molar-refractivity contribution in [1.82, 2.24) is 4.98 Å². The molecular formula is C11H12F3NO3. The first-order valence-electron chi connectivity index (χ1n) is 5.20. The van der Waals surface area contributed by atoms with E-state index < -0.39 is 18.6 Å². The van der Waals surface area contributed by atoms with Crippen molar-refractivity contribution < 1.29 is 27.8 Å². The zero-order valence-electron chi connectivity index (χ0n) is 9.62. The largest absolute Gasteiger partial charge is 0.491 e. The summed E-state index contributed by atoms with van der Waals surface area (Å²) >= 11 is 0. The highest BCUT2D eigenvalue weighted by Gasteiger charge is 2.26. The van der Waals surface area contributed by atoms with E-state index in [9.17, 15) is 18.0 Å². The van der Waals surface area contributed by atoms with Gasteiger partial charge in [0.1, 0.15) is 0 Å². The lowest BCUT2D eigenvalue weighted by molar-refractivity contribution is -0.136. The highest BCUT2D eigenvalue weighted by molar-refractivity contribution is 5.88. The number of aromatic nitrogens is 1. The lowest BCUT2D eigenvalue weighted by atomic mass is 10.3. The number of rotatable bonds is 5. The van der Waals surface area contributed by atoms with Crippen LogP contribution in [0.1, 0.15) is 29.0 Å². The molecule has 4 nitrogen and oxygen atoms in total. The lowest BCUT2D eigenvalue weighted by Crippen LogP contribution is -2.11. The van der Waals surface area contributed by atoms with Crippen molar-refractivity contribution in [3.63, 3.8) is 0 Å². The molecule has 0 aliphatic rings. The first kappa shape index (κ1) is 14.3. The Morgan fingerprint density at radius 2 is 2.11 bits per heavy atom. The van der Waals surface area contributed by atoms with Crippen LogP contribution in [0.2, 0.25) is 0 Å². The topological polar surface area (TPSA) is 59.4 Å². The zero-order chi connectivity index (χ0) is 13.8. The minimum Gasteiger partial charge on any atom is -0.491 e. The van der Waals surface area contributed by atoms with Crippen LogP contribution in [-0.4, -0.2) is 28.8 Å². The minimum absolute atomic E-state index is 0.0183. The maximum absolute atomic E-state index is 11.9. The summed E-state index contributed by atoms with van der Waals surface area (Å²) in [6, 6.07) is 2.92. The predicted molar refractivity (Wildman–Crippen MR) is 56.7 cm³/mol. The van der Waals surface area contributed by atoms with Crippen molar-refractivity contribution in [2.75, 3.05) is 6.61 Å². The maximum Gasteiger partial charge on any atom is 0.389 e. The van der Waals surface area contributed by atoms with E-state index in [0.29, 0.717) is 5.69 Å². The van der Waals surface area contributed by atoms with Gasteiger partial charge in [-0.15, -0.1) is 0 Å². The number of hydrogen-bond donors (Lipinski definition) is 1. The number of carboxylic acid groups (broad SMARTS) is 1. The Bertz CT molecular complexity index is 432. The minimum atomic E-state index is -4.23. The van der Waals surface area contributed by atoms with E-state index in [4.69, 9.17) is 9.84 Å².